The molecule has 0 aliphatic rings. The van der Waals surface area contributed by atoms with Crippen molar-refractivity contribution in [3.8, 4) is 5.75 Å². The average Bonchev–Trinajstić information content (AvgIpc) is 2.84. The van der Waals surface area contributed by atoms with E-state index in [1.807, 2.05) is 42.1 Å². The van der Waals surface area contributed by atoms with Gasteiger partial charge in [-0.15, -0.1) is 24.0 Å². The third kappa shape index (κ3) is 6.51. The first-order valence-corrected chi connectivity index (χ1v) is 8.65. The van der Waals surface area contributed by atoms with Crippen LogP contribution in [0.3, 0.4) is 0 Å². The molecule has 6 nitrogen and oxygen atoms in total. The fourth-order valence-electron chi connectivity index (χ4n) is 2.75. The van der Waals surface area contributed by atoms with Crippen LogP contribution in [0.15, 0.2) is 35.3 Å². The molecule has 1 heterocycles. The molecule has 1 atom stereocenters. The van der Waals surface area contributed by atoms with E-state index in [-0.39, 0.29) is 30.0 Å². The number of hydrogen-bond acceptors (Lipinski definition) is 3. The van der Waals surface area contributed by atoms with Gasteiger partial charge in [-0.25, -0.2) is 0 Å². The first-order chi connectivity index (χ1) is 12.0. The normalized spacial score (nSPS) is 12.3. The molecule has 1 aromatic heterocycles. The van der Waals surface area contributed by atoms with Crippen molar-refractivity contribution in [3.63, 3.8) is 0 Å². The molecule has 0 aliphatic carbocycles. The second kappa shape index (κ2) is 11.1. The van der Waals surface area contributed by atoms with E-state index in [0.717, 1.165) is 23.8 Å². The summed E-state index contributed by atoms with van der Waals surface area (Å²) in [6.07, 6.45) is 0.909. The van der Waals surface area contributed by atoms with Crippen molar-refractivity contribution in [2.45, 2.75) is 33.2 Å². The Hall–Kier alpha value is -1.77. The summed E-state index contributed by atoms with van der Waals surface area (Å²) in [4.78, 5) is 4.28. The molecule has 26 heavy (non-hydrogen) atoms. The summed E-state index contributed by atoms with van der Waals surface area (Å²) >= 11 is 0. The van der Waals surface area contributed by atoms with Crippen LogP contribution >= 0.6 is 24.0 Å². The molecule has 7 heteroatoms. The number of guanidine groups is 1. The zero-order valence-corrected chi connectivity index (χ0v) is 18.6. The Morgan fingerprint density at radius 1 is 1.27 bits per heavy atom. The molecular weight excluding hydrogens is 441 g/mol. The first-order valence-electron chi connectivity index (χ1n) is 8.65. The number of benzene rings is 1. The van der Waals surface area contributed by atoms with Gasteiger partial charge in [0.25, 0.3) is 0 Å². The third-order valence-electron chi connectivity index (χ3n) is 4.18. The van der Waals surface area contributed by atoms with Crippen LogP contribution in [0, 0.1) is 13.8 Å². The van der Waals surface area contributed by atoms with Gasteiger partial charge in [-0.2, -0.15) is 5.10 Å². The third-order valence-corrected chi connectivity index (χ3v) is 4.18. The second-order valence-electron chi connectivity index (χ2n) is 6.18. The first kappa shape index (κ1) is 22.3. The number of para-hydroxylation sites is 1. The lowest BCUT2D eigenvalue weighted by Gasteiger charge is -2.18. The van der Waals surface area contributed by atoms with Gasteiger partial charge < -0.3 is 15.4 Å². The van der Waals surface area contributed by atoms with Crippen LogP contribution in [-0.2, 0) is 13.5 Å². The number of aliphatic imine (C=N–C) groups is 1. The molecule has 1 unspecified atom stereocenters. The Bertz CT molecular complexity index is 699. The lowest BCUT2D eigenvalue weighted by Crippen LogP contribution is -2.44. The fraction of sp³-hybridized carbons (Fsp3) is 0.474. The van der Waals surface area contributed by atoms with Crippen LogP contribution < -0.4 is 15.4 Å². The van der Waals surface area contributed by atoms with Crippen molar-refractivity contribution < 1.29 is 4.74 Å². The van der Waals surface area contributed by atoms with E-state index in [0.29, 0.717) is 13.2 Å². The average molecular weight is 471 g/mol. The summed E-state index contributed by atoms with van der Waals surface area (Å²) in [5.74, 6) is 1.66. The van der Waals surface area contributed by atoms with Crippen molar-refractivity contribution in [1.82, 2.24) is 20.4 Å². The summed E-state index contributed by atoms with van der Waals surface area (Å²) in [7, 11) is 3.76. The zero-order valence-electron chi connectivity index (χ0n) is 16.2. The van der Waals surface area contributed by atoms with Crippen LogP contribution in [0.25, 0.3) is 0 Å². The molecule has 2 rings (SSSR count). The SMILES string of the molecule is CN=C(NCCOc1ccccc1)NC(C)Cc1c(C)nn(C)c1C.I. The number of nitrogens with one attached hydrogen (secondary N) is 2. The smallest absolute Gasteiger partial charge is 0.191 e. The van der Waals surface area contributed by atoms with Gasteiger partial charge in [0, 0.05) is 25.8 Å². The maximum atomic E-state index is 5.68. The molecule has 1 aromatic carbocycles. The van der Waals surface area contributed by atoms with Gasteiger partial charge in [0.1, 0.15) is 12.4 Å². The van der Waals surface area contributed by atoms with Gasteiger partial charge >= 0.3 is 0 Å². The predicted molar refractivity (Wildman–Crippen MR) is 118 cm³/mol. The number of aromatic nitrogens is 2. The molecule has 2 aromatic rings. The van der Waals surface area contributed by atoms with E-state index >= 15 is 0 Å². The minimum Gasteiger partial charge on any atom is -0.492 e. The highest BCUT2D eigenvalue weighted by Crippen LogP contribution is 2.14. The van der Waals surface area contributed by atoms with Crippen molar-refractivity contribution in [3.05, 3.63) is 47.3 Å². The van der Waals surface area contributed by atoms with E-state index in [1.165, 1.54) is 11.3 Å². The van der Waals surface area contributed by atoms with Gasteiger partial charge in [0.15, 0.2) is 5.96 Å². The Kier molecular flexibility index (Phi) is 9.47. The van der Waals surface area contributed by atoms with Gasteiger partial charge in [0.05, 0.1) is 12.2 Å². The molecular formula is C19H30IN5O. The highest BCUT2D eigenvalue weighted by atomic mass is 127. The standard InChI is InChI=1S/C19H29N5O.HI/c1-14(13-18-15(2)23-24(5)16(18)3)22-19(20-4)21-11-12-25-17-9-7-6-8-10-17;/h6-10,14H,11-13H2,1-5H3,(H2,20,21,22);1H. The Morgan fingerprint density at radius 3 is 2.54 bits per heavy atom. The number of halogens is 1. The van der Waals surface area contributed by atoms with E-state index in [2.05, 4.69) is 41.5 Å². The molecule has 0 amide bonds. The van der Waals surface area contributed by atoms with Crippen molar-refractivity contribution in [2.24, 2.45) is 12.0 Å². The molecule has 0 fully saturated rings. The van der Waals surface area contributed by atoms with E-state index in [4.69, 9.17) is 4.74 Å². The molecule has 0 radical (unpaired) electrons. The molecule has 0 aliphatic heterocycles. The van der Waals surface area contributed by atoms with Crippen LogP contribution in [0.4, 0.5) is 0 Å². The Balaban J connectivity index is 0.00000338. The van der Waals surface area contributed by atoms with Crippen molar-refractivity contribution in [2.75, 3.05) is 20.2 Å². The molecule has 0 saturated carbocycles. The fourth-order valence-corrected chi connectivity index (χ4v) is 2.75. The monoisotopic (exact) mass is 471 g/mol. The van der Waals surface area contributed by atoms with Crippen molar-refractivity contribution >= 4 is 29.9 Å². The van der Waals surface area contributed by atoms with Crippen LogP contribution in [0.5, 0.6) is 5.75 Å². The van der Waals surface area contributed by atoms with Crippen LogP contribution in [0.1, 0.15) is 23.9 Å². The van der Waals surface area contributed by atoms with Crippen molar-refractivity contribution in [1.29, 1.82) is 0 Å². The molecule has 0 bridgehead atoms. The highest BCUT2D eigenvalue weighted by Gasteiger charge is 2.13. The Labute approximate surface area is 173 Å². The van der Waals surface area contributed by atoms with Gasteiger partial charge in [-0.1, -0.05) is 18.2 Å². The van der Waals surface area contributed by atoms with Gasteiger partial charge in [-0.05, 0) is 44.9 Å². The maximum absolute atomic E-state index is 5.68. The Morgan fingerprint density at radius 2 is 1.96 bits per heavy atom. The summed E-state index contributed by atoms with van der Waals surface area (Å²) < 4.78 is 7.62. The number of nitrogens with zero attached hydrogens (tertiary/aromatic N) is 3. The number of aryl methyl sites for hydroxylation is 2. The molecule has 144 valence electrons. The minimum absolute atomic E-state index is 0. The summed E-state index contributed by atoms with van der Waals surface area (Å²) in [6, 6.07) is 10.1. The van der Waals surface area contributed by atoms with E-state index < -0.39 is 0 Å². The molecule has 2 N–H and O–H groups in total. The van der Waals surface area contributed by atoms with Gasteiger partial charge in [-0.3, -0.25) is 9.67 Å². The predicted octanol–water partition coefficient (Wildman–Crippen LogP) is 2.83. The quantitative estimate of drug-likeness (QED) is 0.282. The largest absolute Gasteiger partial charge is 0.492 e. The lowest BCUT2D eigenvalue weighted by molar-refractivity contribution is 0.321. The number of ether oxygens (including phenoxy) is 1. The summed E-state index contributed by atoms with van der Waals surface area (Å²) in [5.41, 5.74) is 3.60. The highest BCUT2D eigenvalue weighted by molar-refractivity contribution is 14.0. The second-order valence-corrected chi connectivity index (χ2v) is 6.18. The number of rotatable bonds is 7. The molecule has 0 spiro atoms. The minimum atomic E-state index is 0. The van der Waals surface area contributed by atoms with Gasteiger partial charge in [0.2, 0.25) is 0 Å². The van der Waals surface area contributed by atoms with Crippen LogP contribution in [0.2, 0.25) is 0 Å². The topological polar surface area (TPSA) is 63.5 Å². The number of hydrogen-bond donors (Lipinski definition) is 2. The molecule has 0 saturated heterocycles. The summed E-state index contributed by atoms with van der Waals surface area (Å²) in [5, 5.41) is 11.2. The van der Waals surface area contributed by atoms with E-state index in [1.54, 1.807) is 7.05 Å². The summed E-state index contributed by atoms with van der Waals surface area (Å²) in [6.45, 7) is 7.59. The lowest BCUT2D eigenvalue weighted by atomic mass is 10.1. The van der Waals surface area contributed by atoms with Crippen LogP contribution in [-0.4, -0.2) is 42.0 Å². The maximum Gasteiger partial charge on any atom is 0.191 e. The van der Waals surface area contributed by atoms with E-state index in [9.17, 15) is 0 Å². The zero-order chi connectivity index (χ0) is 18.2.